The molecule has 0 aliphatic carbocycles. The van der Waals surface area contributed by atoms with Crippen LogP contribution in [0.2, 0.25) is 0 Å². The normalized spacial score (nSPS) is 10.4. The number of benzene rings is 1. The predicted octanol–water partition coefficient (Wildman–Crippen LogP) is 2.53. The van der Waals surface area contributed by atoms with Crippen molar-refractivity contribution in [1.82, 2.24) is 5.32 Å². The number of hydrogen-bond acceptors (Lipinski definition) is 3. The van der Waals surface area contributed by atoms with E-state index < -0.39 is 0 Å². The summed E-state index contributed by atoms with van der Waals surface area (Å²) in [6, 6.07) is 7.10. The van der Waals surface area contributed by atoms with Crippen molar-refractivity contribution in [2.24, 2.45) is 11.8 Å². The van der Waals surface area contributed by atoms with Crippen LogP contribution in [-0.4, -0.2) is 12.5 Å². The quantitative estimate of drug-likeness (QED) is 0.395. The third-order valence-electron chi connectivity index (χ3n) is 2.81. The summed E-state index contributed by atoms with van der Waals surface area (Å²) in [6.07, 6.45) is 3.41. The van der Waals surface area contributed by atoms with Crippen molar-refractivity contribution in [1.29, 1.82) is 0 Å². The Morgan fingerprint density at radius 3 is 2.44 bits per heavy atom. The lowest BCUT2D eigenvalue weighted by atomic mass is 10.1. The van der Waals surface area contributed by atoms with E-state index in [1.807, 2.05) is 0 Å². The fourth-order valence-corrected chi connectivity index (χ4v) is 1.70. The van der Waals surface area contributed by atoms with Crippen molar-refractivity contribution >= 4 is 11.6 Å². The Morgan fingerprint density at radius 2 is 1.89 bits per heavy atom. The van der Waals surface area contributed by atoms with Gasteiger partial charge in [-0.15, -0.1) is 0 Å². The fraction of sp³-hybridized carbons (Fsp3) is 0.500. The van der Waals surface area contributed by atoms with Gasteiger partial charge >= 0.3 is 0 Å². The molecule has 1 amide bonds. The molecule has 0 heterocycles. The second-order valence-electron chi connectivity index (χ2n) is 4.87. The minimum atomic E-state index is -0.0249. The Bertz CT molecular complexity index is 360. The van der Waals surface area contributed by atoms with Crippen LogP contribution in [0.4, 0.5) is 5.69 Å². The van der Waals surface area contributed by atoms with Crippen LogP contribution < -0.4 is 16.6 Å². The summed E-state index contributed by atoms with van der Waals surface area (Å²) in [4.78, 5) is 11.8. The van der Waals surface area contributed by atoms with Crippen LogP contribution in [0.3, 0.4) is 0 Å². The Labute approximate surface area is 109 Å². The summed E-state index contributed by atoms with van der Waals surface area (Å²) in [5.41, 5.74) is 3.99. The number of carbonyl (C=O) groups excluding carboxylic acids is 1. The van der Waals surface area contributed by atoms with Crippen LogP contribution >= 0.6 is 0 Å². The Kier molecular flexibility index (Phi) is 6.22. The van der Waals surface area contributed by atoms with Gasteiger partial charge in [-0.05, 0) is 36.6 Å². The summed E-state index contributed by atoms with van der Waals surface area (Å²) in [5.74, 6) is 5.97. The van der Waals surface area contributed by atoms with Crippen LogP contribution in [0, 0.1) is 5.92 Å². The topological polar surface area (TPSA) is 67.2 Å². The van der Waals surface area contributed by atoms with Crippen LogP contribution in [0.15, 0.2) is 24.3 Å². The first-order valence-electron chi connectivity index (χ1n) is 6.48. The molecule has 0 bridgehead atoms. The maximum atomic E-state index is 11.8. The molecule has 0 radical (unpaired) electrons. The van der Waals surface area contributed by atoms with Gasteiger partial charge in [-0.2, -0.15) is 0 Å². The fourth-order valence-electron chi connectivity index (χ4n) is 1.70. The first kappa shape index (κ1) is 14.5. The molecule has 4 nitrogen and oxygen atoms in total. The van der Waals surface area contributed by atoms with Gasteiger partial charge in [0.2, 0.25) is 0 Å². The number of carbonyl (C=O) groups is 1. The molecule has 100 valence electrons. The molecule has 0 unspecified atom stereocenters. The van der Waals surface area contributed by atoms with Crippen molar-refractivity contribution in [2.45, 2.75) is 33.1 Å². The Morgan fingerprint density at radius 1 is 1.22 bits per heavy atom. The highest BCUT2D eigenvalue weighted by Crippen LogP contribution is 2.08. The number of nitrogens with two attached hydrogens (primary N) is 1. The van der Waals surface area contributed by atoms with Crippen LogP contribution in [0.1, 0.15) is 43.5 Å². The number of unbranched alkanes of at least 4 members (excludes halogenated alkanes) is 1. The molecule has 0 aliphatic heterocycles. The molecule has 1 aromatic rings. The van der Waals surface area contributed by atoms with Crippen molar-refractivity contribution in [2.75, 3.05) is 12.0 Å². The molecular formula is C14H23N3O. The standard InChI is InChI=1S/C14H23N3O/c1-11(2)5-3-4-10-16-14(18)12-6-8-13(17-15)9-7-12/h6-9,11,17H,3-5,10,15H2,1-2H3,(H,16,18). The summed E-state index contributed by atoms with van der Waals surface area (Å²) in [5, 5.41) is 2.92. The molecular weight excluding hydrogens is 226 g/mol. The lowest BCUT2D eigenvalue weighted by Crippen LogP contribution is -2.24. The van der Waals surface area contributed by atoms with E-state index in [1.54, 1.807) is 24.3 Å². The SMILES string of the molecule is CC(C)CCCCNC(=O)c1ccc(NN)cc1. The van der Waals surface area contributed by atoms with Gasteiger partial charge in [-0.1, -0.05) is 26.7 Å². The minimum absolute atomic E-state index is 0.0249. The predicted molar refractivity (Wildman–Crippen MR) is 75.3 cm³/mol. The maximum absolute atomic E-state index is 11.8. The highest BCUT2D eigenvalue weighted by molar-refractivity contribution is 5.94. The summed E-state index contributed by atoms with van der Waals surface area (Å²) in [7, 11) is 0. The number of hydrogen-bond donors (Lipinski definition) is 3. The third kappa shape index (κ3) is 5.19. The summed E-state index contributed by atoms with van der Waals surface area (Å²) < 4.78 is 0. The van der Waals surface area contributed by atoms with Gasteiger partial charge in [0.05, 0.1) is 0 Å². The summed E-state index contributed by atoms with van der Waals surface area (Å²) >= 11 is 0. The maximum Gasteiger partial charge on any atom is 0.251 e. The van der Waals surface area contributed by atoms with Crippen molar-refractivity contribution in [3.63, 3.8) is 0 Å². The first-order valence-corrected chi connectivity index (χ1v) is 6.48. The van der Waals surface area contributed by atoms with E-state index in [9.17, 15) is 4.79 Å². The van der Waals surface area contributed by atoms with Gasteiger partial charge in [0.1, 0.15) is 0 Å². The second-order valence-corrected chi connectivity index (χ2v) is 4.87. The van der Waals surface area contributed by atoms with E-state index in [2.05, 4.69) is 24.6 Å². The Hall–Kier alpha value is -1.55. The number of rotatable bonds is 7. The molecule has 4 N–H and O–H groups in total. The molecule has 0 spiro atoms. The zero-order chi connectivity index (χ0) is 13.4. The van der Waals surface area contributed by atoms with Gasteiger partial charge < -0.3 is 10.7 Å². The highest BCUT2D eigenvalue weighted by atomic mass is 16.1. The molecule has 0 atom stereocenters. The van der Waals surface area contributed by atoms with E-state index in [0.717, 1.165) is 31.0 Å². The molecule has 0 fully saturated rings. The van der Waals surface area contributed by atoms with Gasteiger partial charge in [-0.3, -0.25) is 10.6 Å². The zero-order valence-electron chi connectivity index (χ0n) is 11.2. The van der Waals surface area contributed by atoms with Crippen molar-refractivity contribution in [3.8, 4) is 0 Å². The highest BCUT2D eigenvalue weighted by Gasteiger charge is 2.04. The van der Waals surface area contributed by atoms with E-state index in [-0.39, 0.29) is 5.91 Å². The van der Waals surface area contributed by atoms with Crippen LogP contribution in [0.25, 0.3) is 0 Å². The van der Waals surface area contributed by atoms with Crippen molar-refractivity contribution < 1.29 is 4.79 Å². The van der Waals surface area contributed by atoms with E-state index in [1.165, 1.54) is 6.42 Å². The van der Waals surface area contributed by atoms with Crippen LogP contribution in [0.5, 0.6) is 0 Å². The number of nitrogens with one attached hydrogen (secondary N) is 2. The number of nitrogen functional groups attached to an aromatic ring is 1. The molecule has 18 heavy (non-hydrogen) atoms. The molecule has 1 aromatic carbocycles. The zero-order valence-corrected chi connectivity index (χ0v) is 11.2. The summed E-state index contributed by atoms with van der Waals surface area (Å²) in [6.45, 7) is 5.17. The molecule has 0 saturated carbocycles. The average Bonchev–Trinajstić information content (AvgIpc) is 2.38. The van der Waals surface area contributed by atoms with E-state index in [4.69, 9.17) is 5.84 Å². The third-order valence-corrected chi connectivity index (χ3v) is 2.81. The lowest BCUT2D eigenvalue weighted by molar-refractivity contribution is 0.0953. The number of hydrazine groups is 1. The van der Waals surface area contributed by atoms with Gasteiger partial charge in [-0.25, -0.2) is 0 Å². The molecule has 0 saturated heterocycles. The van der Waals surface area contributed by atoms with Gasteiger partial charge in [0, 0.05) is 17.8 Å². The smallest absolute Gasteiger partial charge is 0.251 e. The largest absolute Gasteiger partial charge is 0.352 e. The van der Waals surface area contributed by atoms with E-state index in [0.29, 0.717) is 5.56 Å². The number of anilines is 1. The number of amides is 1. The molecule has 0 aliphatic rings. The Balaban J connectivity index is 2.27. The van der Waals surface area contributed by atoms with Crippen molar-refractivity contribution in [3.05, 3.63) is 29.8 Å². The van der Waals surface area contributed by atoms with E-state index >= 15 is 0 Å². The van der Waals surface area contributed by atoms with Crippen LogP contribution in [-0.2, 0) is 0 Å². The average molecular weight is 249 g/mol. The monoisotopic (exact) mass is 249 g/mol. The molecule has 0 aromatic heterocycles. The van der Waals surface area contributed by atoms with Gasteiger partial charge in [0.25, 0.3) is 5.91 Å². The minimum Gasteiger partial charge on any atom is -0.352 e. The second kappa shape index (κ2) is 7.71. The first-order chi connectivity index (χ1) is 8.63. The van der Waals surface area contributed by atoms with Gasteiger partial charge in [0.15, 0.2) is 0 Å². The lowest BCUT2D eigenvalue weighted by Gasteiger charge is -2.07. The molecule has 1 rings (SSSR count). The molecule has 4 heteroatoms.